The summed E-state index contributed by atoms with van der Waals surface area (Å²) in [6.07, 6.45) is 3.70. The standard InChI is InChI=1S/C12H14N4O3/c13-7-9-10(16(17)18)5-6-12(15-9)19-11-4-2-1-3-8(11)14/h5-6,8,11H,1-4,14H2. The Kier molecular flexibility index (Phi) is 3.92. The van der Waals surface area contributed by atoms with Gasteiger partial charge in [0.1, 0.15) is 12.2 Å². The normalized spacial score (nSPS) is 22.5. The highest BCUT2D eigenvalue weighted by Gasteiger charge is 2.25. The molecule has 0 bridgehead atoms. The van der Waals surface area contributed by atoms with E-state index < -0.39 is 4.92 Å². The predicted molar refractivity (Wildman–Crippen MR) is 66.5 cm³/mol. The van der Waals surface area contributed by atoms with Gasteiger partial charge < -0.3 is 10.5 Å². The molecule has 0 aliphatic heterocycles. The van der Waals surface area contributed by atoms with Gasteiger partial charge in [-0.3, -0.25) is 10.1 Å². The Balaban J connectivity index is 2.17. The maximum absolute atomic E-state index is 10.7. The lowest BCUT2D eigenvalue weighted by molar-refractivity contribution is -0.385. The minimum Gasteiger partial charge on any atom is -0.473 e. The molecule has 19 heavy (non-hydrogen) atoms. The SMILES string of the molecule is N#Cc1nc(OC2CCCCC2N)ccc1[N+](=O)[O-]. The van der Waals surface area contributed by atoms with Gasteiger partial charge in [0.15, 0.2) is 0 Å². The molecule has 100 valence electrons. The zero-order valence-electron chi connectivity index (χ0n) is 10.3. The van der Waals surface area contributed by atoms with Crippen molar-refractivity contribution >= 4 is 5.69 Å². The van der Waals surface area contributed by atoms with Crippen molar-refractivity contribution in [3.8, 4) is 11.9 Å². The molecule has 7 heteroatoms. The predicted octanol–water partition coefficient (Wildman–Crippen LogP) is 1.51. The quantitative estimate of drug-likeness (QED) is 0.652. The number of ether oxygens (including phenoxy) is 1. The van der Waals surface area contributed by atoms with Gasteiger partial charge in [-0.2, -0.15) is 10.2 Å². The largest absolute Gasteiger partial charge is 0.473 e. The van der Waals surface area contributed by atoms with Crippen LogP contribution in [0.25, 0.3) is 0 Å². The van der Waals surface area contributed by atoms with Gasteiger partial charge in [0.2, 0.25) is 11.6 Å². The highest BCUT2D eigenvalue weighted by atomic mass is 16.6. The maximum atomic E-state index is 10.7. The van der Waals surface area contributed by atoms with Crippen molar-refractivity contribution in [2.24, 2.45) is 5.73 Å². The van der Waals surface area contributed by atoms with Gasteiger partial charge in [-0.15, -0.1) is 0 Å². The van der Waals surface area contributed by atoms with Crippen molar-refractivity contribution in [2.75, 3.05) is 0 Å². The van der Waals surface area contributed by atoms with E-state index >= 15 is 0 Å². The van der Waals surface area contributed by atoms with Gasteiger partial charge in [-0.25, -0.2) is 0 Å². The van der Waals surface area contributed by atoms with Crippen LogP contribution in [-0.4, -0.2) is 22.1 Å². The monoisotopic (exact) mass is 262 g/mol. The zero-order valence-corrected chi connectivity index (χ0v) is 10.3. The van der Waals surface area contributed by atoms with E-state index in [1.807, 2.05) is 0 Å². The van der Waals surface area contributed by atoms with E-state index in [9.17, 15) is 10.1 Å². The fourth-order valence-electron chi connectivity index (χ4n) is 2.16. The number of hydrogen-bond acceptors (Lipinski definition) is 6. The fourth-order valence-corrected chi connectivity index (χ4v) is 2.16. The van der Waals surface area contributed by atoms with E-state index in [0.29, 0.717) is 0 Å². The smallest absolute Gasteiger partial charge is 0.305 e. The summed E-state index contributed by atoms with van der Waals surface area (Å²) in [4.78, 5) is 13.9. The molecule has 2 unspecified atom stereocenters. The summed E-state index contributed by atoms with van der Waals surface area (Å²) in [6.45, 7) is 0. The van der Waals surface area contributed by atoms with Gasteiger partial charge in [-0.1, -0.05) is 6.42 Å². The number of rotatable bonds is 3. The van der Waals surface area contributed by atoms with Crippen LogP contribution in [0.4, 0.5) is 5.69 Å². The van der Waals surface area contributed by atoms with Gasteiger partial charge in [0, 0.05) is 18.2 Å². The maximum Gasteiger partial charge on any atom is 0.305 e. The first kappa shape index (κ1) is 13.2. The Hall–Kier alpha value is -2.20. The average molecular weight is 262 g/mol. The number of nitrogens with zero attached hydrogens (tertiary/aromatic N) is 3. The van der Waals surface area contributed by atoms with E-state index in [4.69, 9.17) is 15.7 Å². The molecule has 1 heterocycles. The second kappa shape index (κ2) is 5.63. The first-order chi connectivity index (χ1) is 9.11. The minimum absolute atomic E-state index is 0.0590. The van der Waals surface area contributed by atoms with E-state index in [-0.39, 0.29) is 29.4 Å². The molecule has 1 fully saturated rings. The lowest BCUT2D eigenvalue weighted by Gasteiger charge is -2.28. The van der Waals surface area contributed by atoms with Crippen LogP contribution in [0, 0.1) is 21.4 Å². The Bertz CT molecular complexity index is 526. The third kappa shape index (κ3) is 2.98. The van der Waals surface area contributed by atoms with Gasteiger partial charge in [-0.05, 0) is 19.3 Å². The molecular formula is C12H14N4O3. The number of nitro groups is 1. The van der Waals surface area contributed by atoms with Crippen LogP contribution in [0.1, 0.15) is 31.4 Å². The summed E-state index contributed by atoms with van der Waals surface area (Å²) in [5, 5.41) is 19.5. The minimum atomic E-state index is -0.637. The van der Waals surface area contributed by atoms with Crippen LogP contribution >= 0.6 is 0 Å². The lowest BCUT2D eigenvalue weighted by atomic mass is 9.93. The van der Waals surface area contributed by atoms with Crippen molar-refractivity contribution < 1.29 is 9.66 Å². The van der Waals surface area contributed by atoms with Gasteiger partial charge >= 0.3 is 5.69 Å². The Morgan fingerprint density at radius 2 is 2.21 bits per heavy atom. The summed E-state index contributed by atoms with van der Waals surface area (Å²) in [5.74, 6) is 0.213. The van der Waals surface area contributed by atoms with E-state index in [1.54, 1.807) is 6.07 Å². The van der Waals surface area contributed by atoms with Crippen molar-refractivity contribution in [3.05, 3.63) is 27.9 Å². The summed E-state index contributed by atoms with van der Waals surface area (Å²) < 4.78 is 5.63. The van der Waals surface area contributed by atoms with Crippen LogP contribution in [-0.2, 0) is 0 Å². The summed E-state index contributed by atoms with van der Waals surface area (Å²) in [7, 11) is 0. The first-order valence-electron chi connectivity index (χ1n) is 6.09. The lowest BCUT2D eigenvalue weighted by Crippen LogP contribution is -2.41. The van der Waals surface area contributed by atoms with Crippen molar-refractivity contribution in [3.63, 3.8) is 0 Å². The average Bonchev–Trinajstić information content (AvgIpc) is 2.41. The van der Waals surface area contributed by atoms with E-state index in [0.717, 1.165) is 25.7 Å². The second-order valence-electron chi connectivity index (χ2n) is 4.49. The second-order valence-corrected chi connectivity index (χ2v) is 4.49. The van der Waals surface area contributed by atoms with Crippen LogP contribution in [0.2, 0.25) is 0 Å². The molecule has 1 aromatic heterocycles. The van der Waals surface area contributed by atoms with E-state index in [1.165, 1.54) is 12.1 Å². The summed E-state index contributed by atoms with van der Waals surface area (Å²) >= 11 is 0. The van der Waals surface area contributed by atoms with Crippen LogP contribution in [0.5, 0.6) is 5.88 Å². The highest BCUT2D eigenvalue weighted by molar-refractivity contribution is 5.45. The van der Waals surface area contributed by atoms with E-state index in [2.05, 4.69) is 4.98 Å². The molecule has 0 aromatic carbocycles. The molecule has 0 spiro atoms. The molecule has 2 rings (SSSR count). The Morgan fingerprint density at radius 1 is 1.47 bits per heavy atom. The summed E-state index contributed by atoms with van der Waals surface area (Å²) in [6, 6.07) is 4.28. The molecule has 1 aromatic rings. The van der Waals surface area contributed by atoms with Crippen molar-refractivity contribution in [2.45, 2.75) is 37.8 Å². The van der Waals surface area contributed by atoms with Crippen molar-refractivity contribution in [1.29, 1.82) is 5.26 Å². The summed E-state index contributed by atoms with van der Waals surface area (Å²) in [5.41, 5.74) is 5.39. The number of nitrogens with two attached hydrogens (primary N) is 1. The first-order valence-corrected chi connectivity index (χ1v) is 6.09. The molecule has 7 nitrogen and oxygen atoms in total. The van der Waals surface area contributed by atoms with Crippen LogP contribution in [0.15, 0.2) is 12.1 Å². The zero-order chi connectivity index (χ0) is 13.8. The molecule has 1 aliphatic carbocycles. The molecule has 2 N–H and O–H groups in total. The molecule has 1 saturated carbocycles. The molecule has 0 saturated heterocycles. The third-order valence-corrected chi connectivity index (χ3v) is 3.18. The molecule has 0 radical (unpaired) electrons. The Morgan fingerprint density at radius 3 is 2.84 bits per heavy atom. The van der Waals surface area contributed by atoms with Crippen molar-refractivity contribution in [1.82, 2.24) is 4.98 Å². The molecular weight excluding hydrogens is 248 g/mol. The van der Waals surface area contributed by atoms with Gasteiger partial charge in [0.25, 0.3) is 0 Å². The molecule has 0 amide bonds. The third-order valence-electron chi connectivity index (χ3n) is 3.18. The van der Waals surface area contributed by atoms with Crippen LogP contribution in [0.3, 0.4) is 0 Å². The van der Waals surface area contributed by atoms with Crippen LogP contribution < -0.4 is 10.5 Å². The topological polar surface area (TPSA) is 115 Å². The highest BCUT2D eigenvalue weighted by Crippen LogP contribution is 2.24. The molecule has 2 atom stereocenters. The number of hydrogen-bond donors (Lipinski definition) is 1. The number of nitriles is 1. The molecule has 1 aliphatic rings. The fraction of sp³-hybridized carbons (Fsp3) is 0.500. The number of aromatic nitrogens is 1. The number of pyridine rings is 1. The van der Waals surface area contributed by atoms with Gasteiger partial charge in [0.05, 0.1) is 4.92 Å². The Labute approximate surface area is 110 Å².